The lowest BCUT2D eigenvalue weighted by atomic mass is 9.82. The van der Waals surface area contributed by atoms with Crippen molar-refractivity contribution in [1.29, 1.82) is 0 Å². The van der Waals surface area contributed by atoms with Gasteiger partial charge >= 0.3 is 0 Å². The fourth-order valence-electron chi connectivity index (χ4n) is 2.82. The normalized spacial score (nSPS) is 13.2. The highest BCUT2D eigenvalue weighted by atomic mass is 32.2. The summed E-state index contributed by atoms with van der Waals surface area (Å²) < 4.78 is 30.8. The van der Waals surface area contributed by atoms with E-state index in [2.05, 4.69) is 5.32 Å². The Morgan fingerprint density at radius 1 is 1.07 bits per heavy atom. The predicted octanol–water partition coefficient (Wildman–Crippen LogP) is 3.46. The monoisotopic (exact) mass is 404 g/mol. The number of nitrogens with zero attached hydrogens (tertiary/aromatic N) is 1. The number of benzene rings is 2. The topological polar surface area (TPSA) is 75.7 Å². The molecule has 2 rings (SSSR count). The van der Waals surface area contributed by atoms with Gasteiger partial charge in [-0.1, -0.05) is 32.9 Å². The minimum Gasteiger partial charge on any atom is -0.497 e. The Morgan fingerprint density at radius 2 is 1.68 bits per heavy atom. The number of carbonyl (C=O) groups is 1. The van der Waals surface area contributed by atoms with Gasteiger partial charge in [0.05, 0.1) is 18.0 Å². The molecule has 0 aromatic heterocycles. The molecular weight excluding hydrogens is 376 g/mol. The van der Waals surface area contributed by atoms with Crippen molar-refractivity contribution < 1.29 is 17.9 Å². The van der Waals surface area contributed by atoms with Crippen molar-refractivity contribution in [2.75, 3.05) is 21.2 Å². The van der Waals surface area contributed by atoms with Crippen LogP contribution in [-0.2, 0) is 10.0 Å². The second-order valence-electron chi connectivity index (χ2n) is 7.86. The molecule has 1 unspecified atom stereocenters. The van der Waals surface area contributed by atoms with Crippen molar-refractivity contribution in [3.8, 4) is 5.75 Å². The summed E-state index contributed by atoms with van der Waals surface area (Å²) in [5.41, 5.74) is 1.10. The predicted molar refractivity (Wildman–Crippen MR) is 110 cm³/mol. The first-order valence-electron chi connectivity index (χ1n) is 8.94. The maximum atomic E-state index is 12.8. The Kier molecular flexibility index (Phi) is 6.52. The van der Waals surface area contributed by atoms with Crippen LogP contribution in [-0.4, -0.2) is 39.8 Å². The van der Waals surface area contributed by atoms with Crippen molar-refractivity contribution in [3.05, 3.63) is 59.7 Å². The Hall–Kier alpha value is -2.38. The van der Waals surface area contributed by atoms with E-state index in [-0.39, 0.29) is 22.3 Å². The molecule has 7 heteroatoms. The quantitative estimate of drug-likeness (QED) is 0.800. The molecule has 2 aromatic rings. The molecule has 0 aliphatic carbocycles. The third-order valence-corrected chi connectivity index (χ3v) is 6.29. The molecule has 0 aliphatic rings. The highest BCUT2D eigenvalue weighted by Crippen LogP contribution is 2.34. The largest absolute Gasteiger partial charge is 0.497 e. The minimum absolute atomic E-state index is 0.147. The summed E-state index contributed by atoms with van der Waals surface area (Å²) in [5.74, 6) is 0.454. The van der Waals surface area contributed by atoms with Gasteiger partial charge in [-0.05, 0) is 47.4 Å². The van der Waals surface area contributed by atoms with Gasteiger partial charge in [-0.15, -0.1) is 0 Å². The molecule has 0 bridgehead atoms. The number of carbonyl (C=O) groups excluding carboxylic acids is 1. The average molecular weight is 405 g/mol. The third kappa shape index (κ3) is 4.91. The molecule has 0 radical (unpaired) electrons. The molecule has 1 atom stereocenters. The van der Waals surface area contributed by atoms with Crippen molar-refractivity contribution in [2.45, 2.75) is 31.7 Å². The van der Waals surface area contributed by atoms with Crippen LogP contribution in [0.15, 0.2) is 53.4 Å². The second kappa shape index (κ2) is 8.32. The molecule has 1 amide bonds. The fraction of sp³-hybridized carbons (Fsp3) is 0.381. The van der Waals surface area contributed by atoms with Crippen LogP contribution in [0.1, 0.15) is 42.7 Å². The van der Waals surface area contributed by atoms with Crippen molar-refractivity contribution in [1.82, 2.24) is 9.62 Å². The summed E-state index contributed by atoms with van der Waals surface area (Å²) in [4.78, 5) is 13.0. The first-order valence-corrected chi connectivity index (χ1v) is 10.4. The molecule has 28 heavy (non-hydrogen) atoms. The Labute approximate surface area is 167 Å². The van der Waals surface area contributed by atoms with E-state index >= 15 is 0 Å². The number of amides is 1. The summed E-state index contributed by atoms with van der Waals surface area (Å²) >= 11 is 0. The molecule has 1 N–H and O–H groups in total. The molecule has 2 aromatic carbocycles. The van der Waals surface area contributed by atoms with Gasteiger partial charge in [0, 0.05) is 19.7 Å². The Bertz CT molecular complexity index is 930. The molecular formula is C21H28N2O4S. The summed E-state index contributed by atoms with van der Waals surface area (Å²) in [6.07, 6.45) is 0. The molecule has 0 heterocycles. The Balaban J connectivity index is 2.29. The average Bonchev–Trinajstić information content (AvgIpc) is 2.65. The number of methoxy groups -OCH3 is 1. The molecule has 0 fully saturated rings. The van der Waals surface area contributed by atoms with Crippen LogP contribution in [0.5, 0.6) is 5.75 Å². The van der Waals surface area contributed by atoms with Crippen molar-refractivity contribution in [2.24, 2.45) is 5.41 Å². The Morgan fingerprint density at radius 3 is 2.18 bits per heavy atom. The highest BCUT2D eigenvalue weighted by Gasteiger charge is 2.28. The maximum absolute atomic E-state index is 12.8. The van der Waals surface area contributed by atoms with Crippen molar-refractivity contribution >= 4 is 15.9 Å². The van der Waals surface area contributed by atoms with Gasteiger partial charge in [0.25, 0.3) is 5.91 Å². The number of rotatable bonds is 6. The maximum Gasteiger partial charge on any atom is 0.251 e. The molecule has 152 valence electrons. The summed E-state index contributed by atoms with van der Waals surface area (Å²) in [6.45, 7) is 6.14. The van der Waals surface area contributed by atoms with E-state index in [1.165, 1.54) is 38.4 Å². The fourth-order valence-corrected chi connectivity index (χ4v) is 3.73. The van der Waals surface area contributed by atoms with Gasteiger partial charge in [-0.2, -0.15) is 0 Å². The molecule has 0 saturated heterocycles. The number of hydrogen-bond acceptors (Lipinski definition) is 4. The van der Waals surface area contributed by atoms with E-state index in [0.29, 0.717) is 5.56 Å². The van der Waals surface area contributed by atoms with Crippen LogP contribution in [0.3, 0.4) is 0 Å². The van der Waals surface area contributed by atoms with Crippen LogP contribution in [0.4, 0.5) is 0 Å². The van der Waals surface area contributed by atoms with E-state index in [1.54, 1.807) is 7.11 Å². The molecule has 0 spiro atoms. The summed E-state index contributed by atoms with van der Waals surface area (Å²) in [6, 6.07) is 13.3. The summed E-state index contributed by atoms with van der Waals surface area (Å²) in [7, 11) is 1.02. The highest BCUT2D eigenvalue weighted by molar-refractivity contribution is 7.89. The van der Waals surface area contributed by atoms with Gasteiger partial charge in [-0.25, -0.2) is 12.7 Å². The van der Waals surface area contributed by atoms with Crippen LogP contribution < -0.4 is 10.1 Å². The molecule has 6 nitrogen and oxygen atoms in total. The number of sulfonamides is 1. The lowest BCUT2D eigenvalue weighted by Crippen LogP contribution is -2.36. The minimum atomic E-state index is -3.53. The number of hydrogen-bond donors (Lipinski definition) is 1. The standard InChI is InChI=1S/C21H28N2O4S/c1-21(2,3)19(16-8-7-9-17(14-16)27-6)22-20(24)15-10-12-18(13-11-15)28(25,26)23(4)5/h7-14,19H,1-6H3,(H,22,24). The van der Waals surface area contributed by atoms with Crippen LogP contribution in [0, 0.1) is 5.41 Å². The zero-order chi connectivity index (χ0) is 21.1. The van der Waals surface area contributed by atoms with Crippen molar-refractivity contribution in [3.63, 3.8) is 0 Å². The lowest BCUT2D eigenvalue weighted by Gasteiger charge is -2.32. The third-order valence-electron chi connectivity index (χ3n) is 4.46. The SMILES string of the molecule is COc1cccc(C(NC(=O)c2ccc(S(=O)(=O)N(C)C)cc2)C(C)(C)C)c1. The van der Waals surface area contributed by atoms with E-state index < -0.39 is 10.0 Å². The van der Waals surface area contributed by atoms with E-state index in [9.17, 15) is 13.2 Å². The van der Waals surface area contributed by atoms with Gasteiger partial charge in [0.2, 0.25) is 10.0 Å². The van der Waals surface area contributed by atoms with E-state index in [4.69, 9.17) is 4.74 Å². The molecule has 0 aliphatic heterocycles. The second-order valence-corrected chi connectivity index (χ2v) is 10.0. The van der Waals surface area contributed by atoms with Gasteiger partial charge < -0.3 is 10.1 Å². The van der Waals surface area contributed by atoms with Gasteiger partial charge in [0.1, 0.15) is 5.75 Å². The first-order chi connectivity index (χ1) is 13.0. The van der Waals surface area contributed by atoms with Crippen LogP contribution >= 0.6 is 0 Å². The zero-order valence-corrected chi connectivity index (χ0v) is 18.0. The van der Waals surface area contributed by atoms with Crippen LogP contribution in [0.25, 0.3) is 0 Å². The van der Waals surface area contributed by atoms with E-state index in [0.717, 1.165) is 15.6 Å². The first kappa shape index (κ1) is 21.9. The lowest BCUT2D eigenvalue weighted by molar-refractivity contribution is 0.0901. The summed E-state index contributed by atoms with van der Waals surface area (Å²) in [5, 5.41) is 3.07. The van der Waals surface area contributed by atoms with E-state index in [1.807, 2.05) is 45.0 Å². The number of ether oxygens (including phenoxy) is 1. The van der Waals surface area contributed by atoms with Gasteiger partial charge in [0.15, 0.2) is 0 Å². The smallest absolute Gasteiger partial charge is 0.251 e. The van der Waals surface area contributed by atoms with Gasteiger partial charge in [-0.3, -0.25) is 4.79 Å². The molecule has 0 saturated carbocycles. The van der Waals surface area contributed by atoms with Crippen LogP contribution in [0.2, 0.25) is 0 Å². The zero-order valence-electron chi connectivity index (χ0n) is 17.2. The number of nitrogens with one attached hydrogen (secondary N) is 1.